The number of hydrogen-bond acceptors (Lipinski definition) is 1. The molecular formula is C38H24O. The average Bonchev–Trinajstić information content (AvgIpc) is 3.40. The van der Waals surface area contributed by atoms with E-state index < -0.39 is 0 Å². The Bertz CT molecular complexity index is 2090. The predicted molar refractivity (Wildman–Crippen MR) is 165 cm³/mol. The van der Waals surface area contributed by atoms with E-state index in [0.717, 1.165) is 21.9 Å². The van der Waals surface area contributed by atoms with Gasteiger partial charge in [-0.3, -0.25) is 0 Å². The van der Waals surface area contributed by atoms with Crippen molar-refractivity contribution in [2.24, 2.45) is 0 Å². The van der Waals surface area contributed by atoms with Crippen LogP contribution in [0.2, 0.25) is 0 Å². The molecule has 0 aliphatic rings. The second-order valence-corrected chi connectivity index (χ2v) is 10.0. The first kappa shape index (κ1) is 21.9. The van der Waals surface area contributed by atoms with Gasteiger partial charge in [-0.2, -0.15) is 0 Å². The van der Waals surface area contributed by atoms with Crippen molar-refractivity contribution in [1.29, 1.82) is 0 Å². The van der Waals surface area contributed by atoms with Crippen molar-refractivity contribution in [3.05, 3.63) is 146 Å². The van der Waals surface area contributed by atoms with Crippen molar-refractivity contribution in [1.82, 2.24) is 0 Å². The van der Waals surface area contributed by atoms with Gasteiger partial charge < -0.3 is 4.42 Å². The van der Waals surface area contributed by atoms with E-state index in [4.69, 9.17) is 4.42 Å². The van der Waals surface area contributed by atoms with Crippen molar-refractivity contribution < 1.29 is 4.42 Å². The van der Waals surface area contributed by atoms with E-state index in [1.165, 1.54) is 54.9 Å². The van der Waals surface area contributed by atoms with Crippen molar-refractivity contribution in [2.75, 3.05) is 0 Å². The van der Waals surface area contributed by atoms with E-state index in [1.807, 2.05) is 0 Å². The van der Waals surface area contributed by atoms with E-state index in [-0.39, 0.29) is 0 Å². The molecule has 1 heteroatoms. The zero-order valence-corrected chi connectivity index (χ0v) is 21.3. The molecule has 1 nitrogen and oxygen atoms in total. The van der Waals surface area contributed by atoms with Crippen LogP contribution in [0.15, 0.2) is 150 Å². The summed E-state index contributed by atoms with van der Waals surface area (Å²) in [5, 5.41) is 7.32. The van der Waals surface area contributed by atoms with Crippen molar-refractivity contribution >= 4 is 43.5 Å². The van der Waals surface area contributed by atoms with E-state index in [1.54, 1.807) is 0 Å². The number of rotatable bonds is 3. The summed E-state index contributed by atoms with van der Waals surface area (Å²) in [7, 11) is 0. The Balaban J connectivity index is 1.56. The topological polar surface area (TPSA) is 13.1 Å². The molecule has 0 saturated heterocycles. The van der Waals surface area contributed by atoms with Crippen LogP contribution in [0.3, 0.4) is 0 Å². The summed E-state index contributed by atoms with van der Waals surface area (Å²) in [5.74, 6) is 0. The Hall–Kier alpha value is -5.14. The molecule has 0 unspecified atom stereocenters. The summed E-state index contributed by atoms with van der Waals surface area (Å²) in [4.78, 5) is 0. The summed E-state index contributed by atoms with van der Waals surface area (Å²) in [6.07, 6.45) is 0. The lowest BCUT2D eigenvalue weighted by Crippen LogP contribution is -1.91. The monoisotopic (exact) mass is 496 g/mol. The minimum absolute atomic E-state index is 0.908. The van der Waals surface area contributed by atoms with Crippen molar-refractivity contribution in [3.8, 4) is 33.4 Å². The van der Waals surface area contributed by atoms with E-state index in [2.05, 4.69) is 146 Å². The lowest BCUT2D eigenvalue weighted by Gasteiger charge is -2.18. The summed E-state index contributed by atoms with van der Waals surface area (Å²) in [6.45, 7) is 0. The number of hydrogen-bond donors (Lipinski definition) is 0. The Kier molecular flexibility index (Phi) is 4.89. The molecule has 39 heavy (non-hydrogen) atoms. The quantitative estimate of drug-likeness (QED) is 0.222. The summed E-state index contributed by atoms with van der Waals surface area (Å²) in [6, 6.07) is 51.9. The number of benzene rings is 7. The Morgan fingerprint density at radius 2 is 0.744 bits per heavy atom. The van der Waals surface area contributed by atoms with E-state index in [9.17, 15) is 0 Å². The molecule has 0 fully saturated rings. The molecule has 0 spiro atoms. The number of furan rings is 1. The van der Waals surface area contributed by atoms with Crippen LogP contribution in [-0.4, -0.2) is 0 Å². The molecule has 7 aromatic carbocycles. The number of fused-ring (bicyclic) bond motifs is 5. The van der Waals surface area contributed by atoms with E-state index >= 15 is 0 Å². The maximum Gasteiger partial charge on any atom is 0.136 e. The van der Waals surface area contributed by atoms with E-state index in [0.29, 0.717) is 0 Å². The van der Waals surface area contributed by atoms with Gasteiger partial charge >= 0.3 is 0 Å². The first-order valence-corrected chi connectivity index (χ1v) is 13.4. The molecular weight excluding hydrogens is 472 g/mol. The van der Waals surface area contributed by atoms with Crippen LogP contribution in [0.5, 0.6) is 0 Å². The largest absolute Gasteiger partial charge is 0.456 e. The van der Waals surface area contributed by atoms with Crippen LogP contribution in [-0.2, 0) is 0 Å². The Labute approximate surface area is 226 Å². The maximum atomic E-state index is 6.49. The molecule has 182 valence electrons. The Morgan fingerprint density at radius 3 is 1.31 bits per heavy atom. The summed E-state index contributed by atoms with van der Waals surface area (Å²) in [5.41, 5.74) is 9.15. The molecule has 0 amide bonds. The fraction of sp³-hybridized carbons (Fsp3) is 0. The second kappa shape index (κ2) is 8.72. The lowest BCUT2D eigenvalue weighted by atomic mass is 9.84. The van der Waals surface area contributed by atoms with Gasteiger partial charge in [0.25, 0.3) is 0 Å². The SMILES string of the molecule is c1ccc(-c2c3ccccc3c(-c3cccc4oc5cccc(-c6ccccc6)c5c34)c3ccccc23)cc1. The van der Waals surface area contributed by atoms with Gasteiger partial charge in [0.1, 0.15) is 11.2 Å². The molecule has 0 bridgehead atoms. The smallest absolute Gasteiger partial charge is 0.136 e. The van der Waals surface area contributed by atoms with Gasteiger partial charge in [-0.05, 0) is 67.1 Å². The van der Waals surface area contributed by atoms with Gasteiger partial charge in [0.2, 0.25) is 0 Å². The zero-order chi connectivity index (χ0) is 25.8. The molecule has 8 aromatic rings. The third kappa shape index (κ3) is 3.34. The third-order valence-electron chi connectivity index (χ3n) is 7.87. The highest BCUT2D eigenvalue weighted by Crippen LogP contribution is 2.48. The minimum atomic E-state index is 0.908. The molecule has 1 heterocycles. The highest BCUT2D eigenvalue weighted by atomic mass is 16.3. The first-order chi connectivity index (χ1) is 19.4. The van der Waals surface area contributed by atoms with Gasteiger partial charge in [0.15, 0.2) is 0 Å². The van der Waals surface area contributed by atoms with Gasteiger partial charge in [-0.1, -0.05) is 133 Å². The standard InChI is InChI=1S/C38H24O/c1-3-13-25(14-4-1)27-21-11-23-33-37(27)38-32(22-12-24-34(38)39-33)36-30-19-9-7-17-28(30)35(26-15-5-2-6-16-26)29-18-8-10-20-31(29)36/h1-24H. The second-order valence-electron chi connectivity index (χ2n) is 10.0. The molecule has 0 N–H and O–H groups in total. The lowest BCUT2D eigenvalue weighted by molar-refractivity contribution is 0.669. The highest BCUT2D eigenvalue weighted by molar-refractivity contribution is 6.26. The van der Waals surface area contributed by atoms with Crippen LogP contribution in [0.4, 0.5) is 0 Å². The van der Waals surface area contributed by atoms with Gasteiger partial charge in [-0.25, -0.2) is 0 Å². The summed E-state index contributed by atoms with van der Waals surface area (Å²) < 4.78 is 6.49. The molecule has 0 aliphatic heterocycles. The molecule has 0 aliphatic carbocycles. The van der Waals surface area contributed by atoms with Gasteiger partial charge in [0, 0.05) is 10.8 Å². The first-order valence-electron chi connectivity index (χ1n) is 13.4. The highest BCUT2D eigenvalue weighted by Gasteiger charge is 2.21. The van der Waals surface area contributed by atoms with Crippen LogP contribution in [0.25, 0.3) is 76.9 Å². The van der Waals surface area contributed by atoms with Gasteiger partial charge in [-0.15, -0.1) is 0 Å². The fourth-order valence-electron chi connectivity index (χ4n) is 6.27. The zero-order valence-electron chi connectivity index (χ0n) is 21.3. The van der Waals surface area contributed by atoms with Crippen molar-refractivity contribution in [2.45, 2.75) is 0 Å². The normalized spacial score (nSPS) is 11.6. The van der Waals surface area contributed by atoms with Crippen LogP contribution < -0.4 is 0 Å². The molecule has 0 saturated carbocycles. The summed E-state index contributed by atoms with van der Waals surface area (Å²) >= 11 is 0. The molecule has 8 rings (SSSR count). The third-order valence-corrected chi connectivity index (χ3v) is 7.87. The van der Waals surface area contributed by atoms with Crippen molar-refractivity contribution in [3.63, 3.8) is 0 Å². The van der Waals surface area contributed by atoms with Crippen LogP contribution in [0, 0.1) is 0 Å². The molecule has 0 atom stereocenters. The maximum absolute atomic E-state index is 6.49. The van der Waals surface area contributed by atoms with Crippen LogP contribution >= 0.6 is 0 Å². The fourth-order valence-corrected chi connectivity index (χ4v) is 6.27. The average molecular weight is 497 g/mol. The molecule has 0 radical (unpaired) electrons. The Morgan fingerprint density at radius 1 is 0.308 bits per heavy atom. The van der Waals surface area contributed by atoms with Crippen LogP contribution in [0.1, 0.15) is 0 Å². The minimum Gasteiger partial charge on any atom is -0.456 e. The molecule has 1 aromatic heterocycles. The predicted octanol–water partition coefficient (Wildman–Crippen LogP) is 10.9. The van der Waals surface area contributed by atoms with Gasteiger partial charge in [0.05, 0.1) is 0 Å².